The van der Waals surface area contributed by atoms with E-state index in [1.54, 1.807) is 11.8 Å². The molecule has 5 nitrogen and oxygen atoms in total. The molecule has 1 N–H and O–H groups in total. The van der Waals surface area contributed by atoms with E-state index in [2.05, 4.69) is 4.72 Å². The van der Waals surface area contributed by atoms with Gasteiger partial charge in [-0.25, -0.2) is 17.5 Å². The second-order valence-electron chi connectivity index (χ2n) is 5.75. The quantitative estimate of drug-likeness (QED) is 0.777. The normalized spacial score (nSPS) is 16.4. The molecule has 2 rings (SSSR count). The van der Waals surface area contributed by atoms with Crippen molar-refractivity contribution in [3.63, 3.8) is 0 Å². The van der Waals surface area contributed by atoms with Crippen LogP contribution in [0.25, 0.3) is 0 Å². The van der Waals surface area contributed by atoms with Crippen LogP contribution in [0.2, 0.25) is 10.0 Å². The monoisotopic (exact) mass is 396 g/mol. The molecular formula is C15H19Cl2FN2O3S. The van der Waals surface area contributed by atoms with Gasteiger partial charge in [0, 0.05) is 19.1 Å². The zero-order valence-corrected chi connectivity index (χ0v) is 15.5. The molecule has 0 radical (unpaired) electrons. The maximum Gasteiger partial charge on any atom is 0.255 e. The highest BCUT2D eigenvalue weighted by molar-refractivity contribution is 7.89. The van der Waals surface area contributed by atoms with Crippen molar-refractivity contribution >= 4 is 39.1 Å². The van der Waals surface area contributed by atoms with Crippen molar-refractivity contribution in [3.05, 3.63) is 33.6 Å². The molecule has 1 heterocycles. The van der Waals surface area contributed by atoms with E-state index in [9.17, 15) is 17.6 Å². The lowest BCUT2D eigenvalue weighted by atomic mass is 10.0. The van der Waals surface area contributed by atoms with Gasteiger partial charge >= 0.3 is 0 Å². The maximum absolute atomic E-state index is 13.6. The molecule has 1 amide bonds. The predicted octanol–water partition coefficient (Wildman–Crippen LogP) is 3.07. The van der Waals surface area contributed by atoms with Gasteiger partial charge in [-0.1, -0.05) is 30.1 Å². The van der Waals surface area contributed by atoms with Crippen LogP contribution >= 0.6 is 23.2 Å². The Balaban J connectivity index is 2.00. The van der Waals surface area contributed by atoms with E-state index in [4.69, 9.17) is 23.2 Å². The average molecular weight is 397 g/mol. The summed E-state index contributed by atoms with van der Waals surface area (Å²) >= 11 is 11.6. The number of piperidine rings is 1. The first-order valence-corrected chi connectivity index (χ1v) is 10.1. The summed E-state index contributed by atoms with van der Waals surface area (Å²) in [4.78, 5) is 14.0. The van der Waals surface area contributed by atoms with Gasteiger partial charge in [-0.05, 0) is 31.4 Å². The molecule has 1 fully saturated rings. The van der Waals surface area contributed by atoms with Crippen LogP contribution in [-0.2, 0) is 10.0 Å². The van der Waals surface area contributed by atoms with Crippen LogP contribution in [0.5, 0.6) is 0 Å². The molecule has 134 valence electrons. The van der Waals surface area contributed by atoms with Crippen molar-refractivity contribution in [2.45, 2.75) is 32.2 Å². The molecule has 1 aliphatic rings. The fourth-order valence-corrected chi connectivity index (χ4v) is 4.50. The molecule has 0 atom stereocenters. The number of carbonyl (C=O) groups is 1. The van der Waals surface area contributed by atoms with Gasteiger partial charge in [0.2, 0.25) is 10.0 Å². The lowest BCUT2D eigenvalue weighted by Crippen LogP contribution is -2.47. The molecule has 9 heteroatoms. The molecule has 0 unspecified atom stereocenters. The first-order chi connectivity index (χ1) is 11.2. The molecule has 1 aromatic carbocycles. The van der Waals surface area contributed by atoms with Crippen molar-refractivity contribution in [1.82, 2.24) is 9.62 Å². The Morgan fingerprint density at radius 2 is 1.92 bits per heavy atom. The molecule has 0 spiro atoms. The van der Waals surface area contributed by atoms with Crippen LogP contribution in [-0.4, -0.2) is 44.1 Å². The van der Waals surface area contributed by atoms with Gasteiger partial charge in [-0.15, -0.1) is 0 Å². The van der Waals surface area contributed by atoms with Crippen LogP contribution in [0.4, 0.5) is 4.39 Å². The topological polar surface area (TPSA) is 66.5 Å². The number of nitrogens with one attached hydrogen (secondary N) is 1. The number of hydrogen-bond donors (Lipinski definition) is 1. The minimum Gasteiger partial charge on any atom is -0.338 e. The van der Waals surface area contributed by atoms with E-state index < -0.39 is 15.8 Å². The Kier molecular flexibility index (Phi) is 6.47. The Morgan fingerprint density at radius 1 is 1.29 bits per heavy atom. The van der Waals surface area contributed by atoms with Crippen LogP contribution in [0, 0.1) is 5.82 Å². The standard InChI is InChI=1S/C15H19Cl2FN2O3S/c1-2-7-24(22,23)19-10-3-5-20(6-4-10)15(21)11-8-14(18)13(17)9-12(11)16/h8-10,19H,2-7H2,1H3. The molecule has 24 heavy (non-hydrogen) atoms. The maximum atomic E-state index is 13.6. The Morgan fingerprint density at radius 3 is 2.50 bits per heavy atom. The van der Waals surface area contributed by atoms with E-state index in [-0.39, 0.29) is 33.3 Å². The molecule has 0 bridgehead atoms. The fraction of sp³-hybridized carbons (Fsp3) is 0.533. The van der Waals surface area contributed by atoms with Crippen molar-refractivity contribution in [2.24, 2.45) is 0 Å². The van der Waals surface area contributed by atoms with Crippen molar-refractivity contribution in [3.8, 4) is 0 Å². The average Bonchev–Trinajstić information content (AvgIpc) is 2.50. The highest BCUT2D eigenvalue weighted by Gasteiger charge is 2.27. The smallest absolute Gasteiger partial charge is 0.255 e. The SMILES string of the molecule is CCCS(=O)(=O)NC1CCN(C(=O)c2cc(F)c(Cl)cc2Cl)CC1. The Hall–Kier alpha value is -0.890. The number of hydrogen-bond acceptors (Lipinski definition) is 3. The lowest BCUT2D eigenvalue weighted by molar-refractivity contribution is 0.0711. The van der Waals surface area contributed by atoms with Gasteiger partial charge in [-0.2, -0.15) is 0 Å². The predicted molar refractivity (Wildman–Crippen MR) is 92.6 cm³/mol. The molecule has 1 aromatic rings. The zero-order chi connectivity index (χ0) is 17.9. The molecule has 0 aliphatic carbocycles. The van der Waals surface area contributed by atoms with Gasteiger partial charge in [0.1, 0.15) is 5.82 Å². The van der Waals surface area contributed by atoms with Crippen molar-refractivity contribution < 1.29 is 17.6 Å². The van der Waals surface area contributed by atoms with E-state index in [1.807, 2.05) is 0 Å². The van der Waals surface area contributed by atoms with Gasteiger partial charge in [0.05, 0.1) is 21.4 Å². The number of rotatable bonds is 5. The molecule has 1 aliphatic heterocycles. The number of likely N-dealkylation sites (tertiary alicyclic amines) is 1. The number of benzene rings is 1. The third-order valence-corrected chi connectivity index (χ3v) is 6.08. The highest BCUT2D eigenvalue weighted by atomic mass is 35.5. The molecule has 0 aromatic heterocycles. The lowest BCUT2D eigenvalue weighted by Gasteiger charge is -2.32. The third-order valence-electron chi connectivity index (χ3n) is 3.84. The zero-order valence-electron chi connectivity index (χ0n) is 13.2. The van der Waals surface area contributed by atoms with Gasteiger partial charge in [0.25, 0.3) is 5.91 Å². The summed E-state index contributed by atoms with van der Waals surface area (Å²) in [5, 5.41) is -0.0437. The summed E-state index contributed by atoms with van der Waals surface area (Å²) < 4.78 is 39.8. The van der Waals surface area contributed by atoms with Crippen LogP contribution < -0.4 is 4.72 Å². The minimum atomic E-state index is -3.28. The molecule has 1 saturated heterocycles. The summed E-state index contributed by atoms with van der Waals surface area (Å²) in [5.41, 5.74) is 0.0589. The van der Waals surface area contributed by atoms with Crippen molar-refractivity contribution in [1.29, 1.82) is 0 Å². The fourth-order valence-electron chi connectivity index (χ4n) is 2.64. The first-order valence-electron chi connectivity index (χ1n) is 7.67. The van der Waals surface area contributed by atoms with E-state index in [0.29, 0.717) is 32.4 Å². The second kappa shape index (κ2) is 7.99. The third kappa shape index (κ3) is 4.81. The number of amides is 1. The van der Waals surface area contributed by atoms with Crippen LogP contribution in [0.3, 0.4) is 0 Å². The highest BCUT2D eigenvalue weighted by Crippen LogP contribution is 2.26. The number of nitrogens with zero attached hydrogens (tertiary/aromatic N) is 1. The second-order valence-corrected chi connectivity index (χ2v) is 8.44. The van der Waals surface area contributed by atoms with Gasteiger partial charge in [-0.3, -0.25) is 4.79 Å². The van der Waals surface area contributed by atoms with Crippen LogP contribution in [0.1, 0.15) is 36.5 Å². The first kappa shape index (κ1) is 19.4. The van der Waals surface area contributed by atoms with Gasteiger partial charge < -0.3 is 4.90 Å². The summed E-state index contributed by atoms with van der Waals surface area (Å²) in [6.07, 6.45) is 1.55. The summed E-state index contributed by atoms with van der Waals surface area (Å²) in [5.74, 6) is -0.997. The van der Waals surface area contributed by atoms with Crippen molar-refractivity contribution in [2.75, 3.05) is 18.8 Å². The van der Waals surface area contributed by atoms with E-state index >= 15 is 0 Å². The van der Waals surface area contributed by atoms with Gasteiger partial charge in [0.15, 0.2) is 0 Å². The molecular weight excluding hydrogens is 378 g/mol. The van der Waals surface area contributed by atoms with E-state index in [1.165, 1.54) is 6.07 Å². The minimum absolute atomic E-state index is 0.0589. The summed E-state index contributed by atoms with van der Waals surface area (Å²) in [6, 6.07) is 2.04. The number of halogens is 3. The number of carbonyl (C=O) groups excluding carboxylic acids is 1. The largest absolute Gasteiger partial charge is 0.338 e. The summed E-state index contributed by atoms with van der Waals surface area (Å²) in [7, 11) is -3.28. The summed E-state index contributed by atoms with van der Waals surface area (Å²) in [6.45, 7) is 2.55. The molecule has 0 saturated carbocycles. The number of sulfonamides is 1. The van der Waals surface area contributed by atoms with E-state index in [0.717, 1.165) is 6.07 Å². The Labute approximate surface area is 151 Å². The van der Waals surface area contributed by atoms with Crippen LogP contribution in [0.15, 0.2) is 12.1 Å². The Bertz CT molecular complexity index is 720.